The predicted molar refractivity (Wildman–Crippen MR) is 78.0 cm³/mol. The fourth-order valence-corrected chi connectivity index (χ4v) is 2.78. The first-order chi connectivity index (χ1) is 9.97. The highest BCUT2D eigenvalue weighted by molar-refractivity contribution is 7.89. The summed E-state index contributed by atoms with van der Waals surface area (Å²) in [7, 11) is -3.50. The van der Waals surface area contributed by atoms with Crippen LogP contribution in [0.15, 0.2) is 23.5 Å². The molecule has 0 bridgehead atoms. The van der Waals surface area contributed by atoms with Gasteiger partial charge in [-0.3, -0.25) is 5.10 Å². The number of aromatic nitrogens is 4. The highest BCUT2D eigenvalue weighted by Crippen LogP contribution is 2.10. The van der Waals surface area contributed by atoms with Gasteiger partial charge in [-0.1, -0.05) is 13.8 Å². The van der Waals surface area contributed by atoms with Crippen LogP contribution in [0.2, 0.25) is 0 Å². The lowest BCUT2D eigenvalue weighted by molar-refractivity contribution is 0.580. The van der Waals surface area contributed by atoms with Gasteiger partial charge < -0.3 is 10.3 Å². The van der Waals surface area contributed by atoms with Gasteiger partial charge in [0.15, 0.2) is 0 Å². The van der Waals surface area contributed by atoms with Crippen molar-refractivity contribution < 1.29 is 8.42 Å². The van der Waals surface area contributed by atoms with Crippen LogP contribution in [0.5, 0.6) is 0 Å². The van der Waals surface area contributed by atoms with Gasteiger partial charge in [0.05, 0.1) is 4.90 Å². The van der Waals surface area contributed by atoms with E-state index in [2.05, 4.69) is 30.2 Å². The summed E-state index contributed by atoms with van der Waals surface area (Å²) in [5.74, 6) is 0.647. The van der Waals surface area contributed by atoms with Crippen molar-refractivity contribution in [3.8, 4) is 0 Å². The highest BCUT2D eigenvalue weighted by atomic mass is 32.2. The predicted octanol–water partition coefficient (Wildman–Crippen LogP) is 0.152. The van der Waals surface area contributed by atoms with Gasteiger partial charge in [0.2, 0.25) is 10.0 Å². The molecule has 0 amide bonds. The Bertz CT molecular complexity index is 647. The lowest BCUT2D eigenvalue weighted by Gasteiger charge is -2.05. The van der Waals surface area contributed by atoms with Crippen LogP contribution in [0.4, 0.5) is 0 Å². The molecule has 0 aliphatic carbocycles. The molecule has 0 aromatic carbocycles. The molecular weight excluding hydrogens is 292 g/mol. The Hall–Kier alpha value is -1.71. The summed E-state index contributed by atoms with van der Waals surface area (Å²) in [6.45, 7) is 4.94. The number of nitrogens with zero attached hydrogens (tertiary/aromatic N) is 2. The molecule has 0 radical (unpaired) electrons. The fourth-order valence-electron chi connectivity index (χ4n) is 1.73. The number of nitrogens with one attached hydrogen (secondary N) is 4. The third kappa shape index (κ3) is 4.66. The van der Waals surface area contributed by atoms with E-state index in [1.54, 1.807) is 6.07 Å². The average molecular weight is 312 g/mol. The Kier molecular flexibility index (Phi) is 5.10. The lowest BCUT2D eigenvalue weighted by atomic mass is 10.3. The van der Waals surface area contributed by atoms with Crippen molar-refractivity contribution in [2.75, 3.05) is 6.54 Å². The van der Waals surface area contributed by atoms with Crippen molar-refractivity contribution in [3.05, 3.63) is 30.1 Å². The number of rotatable bonds is 8. The Morgan fingerprint density at radius 2 is 2.19 bits per heavy atom. The molecule has 0 aliphatic heterocycles. The molecule has 0 fully saturated rings. The Morgan fingerprint density at radius 3 is 2.86 bits per heavy atom. The molecule has 2 rings (SSSR count). The normalized spacial score (nSPS) is 12.1. The summed E-state index contributed by atoms with van der Waals surface area (Å²) in [6.07, 6.45) is 3.35. The summed E-state index contributed by atoms with van der Waals surface area (Å²) in [5, 5.41) is 9.61. The van der Waals surface area contributed by atoms with Crippen LogP contribution in [0.1, 0.15) is 25.4 Å². The molecule has 2 aromatic heterocycles. The number of hydrogen-bond acceptors (Lipinski definition) is 5. The van der Waals surface area contributed by atoms with Crippen LogP contribution in [-0.4, -0.2) is 41.2 Å². The average Bonchev–Trinajstić information content (AvgIpc) is 3.07. The number of sulfonamides is 1. The van der Waals surface area contributed by atoms with E-state index in [-0.39, 0.29) is 11.4 Å². The van der Waals surface area contributed by atoms with E-state index in [4.69, 9.17) is 0 Å². The van der Waals surface area contributed by atoms with Crippen LogP contribution in [0, 0.1) is 0 Å². The summed E-state index contributed by atoms with van der Waals surface area (Å²) >= 11 is 0. The zero-order chi connectivity index (χ0) is 15.3. The molecule has 0 saturated carbocycles. The van der Waals surface area contributed by atoms with E-state index in [0.29, 0.717) is 24.8 Å². The monoisotopic (exact) mass is 312 g/mol. The first kappa shape index (κ1) is 15.7. The van der Waals surface area contributed by atoms with E-state index in [9.17, 15) is 8.42 Å². The van der Waals surface area contributed by atoms with Gasteiger partial charge in [-0.25, -0.2) is 18.1 Å². The van der Waals surface area contributed by atoms with Gasteiger partial charge in [0, 0.05) is 37.4 Å². The lowest BCUT2D eigenvalue weighted by Crippen LogP contribution is -2.26. The minimum absolute atomic E-state index is 0.237. The molecule has 0 spiro atoms. The zero-order valence-electron chi connectivity index (χ0n) is 12.0. The van der Waals surface area contributed by atoms with Gasteiger partial charge in [0.1, 0.15) is 12.2 Å². The molecule has 2 heterocycles. The minimum atomic E-state index is -3.50. The fraction of sp³-hybridized carbons (Fsp3) is 0.500. The Balaban J connectivity index is 1.89. The van der Waals surface area contributed by atoms with Crippen molar-refractivity contribution in [2.45, 2.75) is 37.8 Å². The maximum Gasteiger partial charge on any atom is 0.242 e. The molecule has 4 N–H and O–H groups in total. The summed E-state index contributed by atoms with van der Waals surface area (Å²) in [6, 6.07) is 1.97. The first-order valence-electron chi connectivity index (χ1n) is 6.72. The zero-order valence-corrected chi connectivity index (χ0v) is 12.9. The number of hydrogen-bond donors (Lipinski definition) is 4. The minimum Gasteiger partial charge on any atom is -0.363 e. The van der Waals surface area contributed by atoms with Gasteiger partial charge in [-0.05, 0) is 6.07 Å². The summed E-state index contributed by atoms with van der Waals surface area (Å²) in [5.41, 5.74) is 0.833. The quantitative estimate of drug-likeness (QED) is 0.554. The molecule has 2 aromatic rings. The van der Waals surface area contributed by atoms with E-state index in [1.807, 2.05) is 13.8 Å². The number of H-pyrrole nitrogens is 2. The molecule has 8 nitrogen and oxygen atoms in total. The van der Waals surface area contributed by atoms with Crippen molar-refractivity contribution in [1.29, 1.82) is 0 Å². The van der Waals surface area contributed by atoms with Gasteiger partial charge >= 0.3 is 0 Å². The van der Waals surface area contributed by atoms with Crippen LogP contribution in [0.25, 0.3) is 0 Å². The molecule has 0 aliphatic rings. The Morgan fingerprint density at radius 1 is 1.38 bits per heavy atom. The second kappa shape index (κ2) is 6.83. The second-order valence-electron chi connectivity index (χ2n) is 4.98. The maximum absolute atomic E-state index is 12.1. The second-order valence-corrected chi connectivity index (χ2v) is 6.74. The molecule has 116 valence electrons. The molecule has 9 heteroatoms. The standard InChI is InChI=1S/C12H20N6O2S/c1-9(2)13-6-10-5-11(7-14-10)21(19,20)17-4-3-12-15-8-16-18-12/h5,7-9,13-14,17H,3-4,6H2,1-2H3,(H,15,16,18). The van der Waals surface area contributed by atoms with E-state index in [0.717, 1.165) is 5.69 Å². The topological polar surface area (TPSA) is 116 Å². The molecular formula is C12H20N6O2S. The van der Waals surface area contributed by atoms with Crippen molar-refractivity contribution in [1.82, 2.24) is 30.2 Å². The maximum atomic E-state index is 12.1. The third-order valence-electron chi connectivity index (χ3n) is 2.85. The molecule has 21 heavy (non-hydrogen) atoms. The van der Waals surface area contributed by atoms with Crippen LogP contribution in [-0.2, 0) is 23.0 Å². The largest absolute Gasteiger partial charge is 0.363 e. The van der Waals surface area contributed by atoms with Crippen molar-refractivity contribution in [3.63, 3.8) is 0 Å². The van der Waals surface area contributed by atoms with Crippen LogP contribution >= 0.6 is 0 Å². The van der Waals surface area contributed by atoms with E-state index >= 15 is 0 Å². The SMILES string of the molecule is CC(C)NCc1cc(S(=O)(=O)NCCc2ncn[nH]2)c[nH]1. The van der Waals surface area contributed by atoms with E-state index in [1.165, 1.54) is 12.5 Å². The first-order valence-corrected chi connectivity index (χ1v) is 8.20. The molecule has 0 saturated heterocycles. The smallest absolute Gasteiger partial charge is 0.242 e. The Labute approximate surface area is 123 Å². The summed E-state index contributed by atoms with van der Waals surface area (Å²) in [4.78, 5) is 7.14. The summed E-state index contributed by atoms with van der Waals surface area (Å²) < 4.78 is 26.8. The van der Waals surface area contributed by atoms with E-state index < -0.39 is 10.0 Å². The van der Waals surface area contributed by atoms with Gasteiger partial charge in [-0.2, -0.15) is 5.10 Å². The third-order valence-corrected chi connectivity index (χ3v) is 4.29. The highest BCUT2D eigenvalue weighted by Gasteiger charge is 2.15. The molecule has 0 atom stereocenters. The van der Waals surface area contributed by atoms with Crippen LogP contribution in [0.3, 0.4) is 0 Å². The van der Waals surface area contributed by atoms with Gasteiger partial charge in [0.25, 0.3) is 0 Å². The molecule has 0 unspecified atom stereocenters. The van der Waals surface area contributed by atoms with Gasteiger partial charge in [-0.15, -0.1) is 0 Å². The van der Waals surface area contributed by atoms with Crippen LogP contribution < -0.4 is 10.0 Å². The van der Waals surface area contributed by atoms with Crippen molar-refractivity contribution in [2.24, 2.45) is 0 Å². The number of aromatic amines is 2. The van der Waals surface area contributed by atoms with Crippen molar-refractivity contribution >= 4 is 10.0 Å².